The second-order valence-corrected chi connectivity index (χ2v) is 7.85. The van der Waals surface area contributed by atoms with E-state index in [0.717, 1.165) is 18.4 Å². The van der Waals surface area contributed by atoms with Crippen LogP contribution in [0.5, 0.6) is 0 Å². The van der Waals surface area contributed by atoms with Gasteiger partial charge in [0.15, 0.2) is 0 Å². The Bertz CT molecular complexity index is 598. The molecule has 1 aromatic rings. The molecule has 0 unspecified atom stereocenters. The number of esters is 1. The number of piperidine rings is 1. The molecule has 0 saturated carbocycles. The lowest BCUT2D eigenvalue weighted by Crippen LogP contribution is -2.53. The fourth-order valence-electron chi connectivity index (χ4n) is 2.94. The van der Waals surface area contributed by atoms with Crippen LogP contribution in [-0.4, -0.2) is 47.7 Å². The van der Waals surface area contributed by atoms with E-state index in [9.17, 15) is 9.59 Å². The average Bonchev–Trinajstić information content (AvgIpc) is 2.55. The summed E-state index contributed by atoms with van der Waals surface area (Å²) in [7, 11) is 0. The number of likely N-dealkylation sites (tertiary alicyclic amines) is 1. The lowest BCUT2D eigenvalue weighted by atomic mass is 9.99. The van der Waals surface area contributed by atoms with Gasteiger partial charge in [0.25, 0.3) is 0 Å². The number of alkyl carbamates (subject to hydrolysis) is 1. The maximum atomic E-state index is 12.2. The van der Waals surface area contributed by atoms with Crippen LogP contribution in [0.1, 0.15) is 46.1 Å². The van der Waals surface area contributed by atoms with Crippen molar-refractivity contribution in [2.24, 2.45) is 0 Å². The summed E-state index contributed by atoms with van der Waals surface area (Å²) in [4.78, 5) is 26.2. The number of nitrogens with one attached hydrogen (secondary N) is 1. The van der Waals surface area contributed by atoms with Gasteiger partial charge in [-0.25, -0.2) is 4.79 Å². The molecule has 1 amide bonds. The molecule has 6 nitrogen and oxygen atoms in total. The van der Waals surface area contributed by atoms with Crippen molar-refractivity contribution in [3.8, 4) is 0 Å². The Hall–Kier alpha value is -2.08. The quantitative estimate of drug-likeness (QED) is 0.815. The molecule has 1 saturated heterocycles. The Morgan fingerprint density at radius 1 is 1.19 bits per heavy atom. The van der Waals surface area contributed by atoms with Crippen LogP contribution in [0.2, 0.25) is 0 Å². The summed E-state index contributed by atoms with van der Waals surface area (Å²) in [6.07, 6.45) is 1.37. The van der Waals surface area contributed by atoms with Gasteiger partial charge in [0.05, 0.1) is 6.54 Å². The number of hydrogen-bond donors (Lipinski definition) is 1. The topological polar surface area (TPSA) is 67.9 Å². The molecule has 1 aliphatic rings. The van der Waals surface area contributed by atoms with E-state index in [4.69, 9.17) is 9.47 Å². The van der Waals surface area contributed by atoms with Gasteiger partial charge in [-0.05, 0) is 46.1 Å². The summed E-state index contributed by atoms with van der Waals surface area (Å²) in [5.74, 6) is -0.251. The predicted octanol–water partition coefficient (Wildman–Crippen LogP) is 3.11. The summed E-state index contributed by atoms with van der Waals surface area (Å²) in [5, 5.41) is 2.90. The third-order valence-electron chi connectivity index (χ3n) is 4.31. The highest BCUT2D eigenvalue weighted by molar-refractivity contribution is 5.72. The Labute approximate surface area is 155 Å². The molecule has 2 atom stereocenters. The number of rotatable bonds is 5. The zero-order chi connectivity index (χ0) is 19.2. The molecule has 0 radical (unpaired) electrons. The van der Waals surface area contributed by atoms with Crippen molar-refractivity contribution in [3.05, 3.63) is 35.9 Å². The first-order chi connectivity index (χ1) is 12.2. The summed E-state index contributed by atoms with van der Waals surface area (Å²) in [5.41, 5.74) is 0.449. The summed E-state index contributed by atoms with van der Waals surface area (Å²) >= 11 is 0. The second kappa shape index (κ2) is 9.03. The predicted molar refractivity (Wildman–Crippen MR) is 99.7 cm³/mol. The maximum Gasteiger partial charge on any atom is 0.407 e. The van der Waals surface area contributed by atoms with Crippen LogP contribution in [0.15, 0.2) is 30.3 Å². The minimum absolute atomic E-state index is 0.0250. The number of carbonyl (C=O) groups is 2. The fraction of sp³-hybridized carbons (Fsp3) is 0.600. The minimum Gasteiger partial charge on any atom is -0.460 e. The lowest BCUT2D eigenvalue weighted by molar-refractivity contribution is -0.147. The molecule has 0 aliphatic carbocycles. The van der Waals surface area contributed by atoms with Crippen LogP contribution in [0.25, 0.3) is 0 Å². The molecule has 2 rings (SSSR count). The fourth-order valence-corrected chi connectivity index (χ4v) is 2.94. The van der Waals surface area contributed by atoms with Crippen LogP contribution >= 0.6 is 0 Å². The van der Waals surface area contributed by atoms with Gasteiger partial charge in [0.1, 0.15) is 12.2 Å². The molecule has 1 heterocycles. The van der Waals surface area contributed by atoms with Crippen LogP contribution in [-0.2, 0) is 20.9 Å². The standard InChI is InChI=1S/C20H30N2O4/c1-15-10-11-17(21-19(24)26-20(2,3)4)12-22(15)13-18(23)25-14-16-8-6-5-7-9-16/h5-9,15,17H,10-14H2,1-4H3,(H,21,24)/t15-,17-/m0/s1. The maximum absolute atomic E-state index is 12.2. The number of hydrogen-bond acceptors (Lipinski definition) is 5. The van der Waals surface area contributed by atoms with E-state index in [1.54, 1.807) is 0 Å². The molecule has 6 heteroatoms. The molecule has 0 aromatic heterocycles. The van der Waals surface area contributed by atoms with Gasteiger partial charge in [-0.1, -0.05) is 30.3 Å². The van der Waals surface area contributed by atoms with Crippen LogP contribution in [0.4, 0.5) is 4.79 Å². The second-order valence-electron chi connectivity index (χ2n) is 7.85. The number of amides is 1. The van der Waals surface area contributed by atoms with E-state index in [1.807, 2.05) is 51.1 Å². The Kier molecular flexibility index (Phi) is 7.03. The highest BCUT2D eigenvalue weighted by atomic mass is 16.6. The summed E-state index contributed by atoms with van der Waals surface area (Å²) < 4.78 is 10.7. The van der Waals surface area contributed by atoms with Crippen LogP contribution in [0.3, 0.4) is 0 Å². The largest absolute Gasteiger partial charge is 0.460 e. The van der Waals surface area contributed by atoms with Crippen molar-refractivity contribution in [3.63, 3.8) is 0 Å². The molecule has 144 valence electrons. The van der Waals surface area contributed by atoms with Gasteiger partial charge in [-0.3, -0.25) is 9.69 Å². The van der Waals surface area contributed by atoms with E-state index in [1.165, 1.54) is 0 Å². The zero-order valence-electron chi connectivity index (χ0n) is 16.2. The number of benzene rings is 1. The van der Waals surface area contributed by atoms with E-state index >= 15 is 0 Å². The SMILES string of the molecule is C[C@H]1CC[C@H](NC(=O)OC(C)(C)C)CN1CC(=O)OCc1ccccc1. The summed E-state index contributed by atoms with van der Waals surface area (Å²) in [6, 6.07) is 9.87. The molecule has 0 spiro atoms. The molecular formula is C20H30N2O4. The van der Waals surface area contributed by atoms with Crippen LogP contribution in [0, 0.1) is 0 Å². The van der Waals surface area contributed by atoms with Crippen molar-refractivity contribution in [1.82, 2.24) is 10.2 Å². The van der Waals surface area contributed by atoms with Gasteiger partial charge in [0, 0.05) is 18.6 Å². The van der Waals surface area contributed by atoms with Crippen molar-refractivity contribution in [2.75, 3.05) is 13.1 Å². The van der Waals surface area contributed by atoms with Gasteiger partial charge >= 0.3 is 12.1 Å². The first-order valence-electron chi connectivity index (χ1n) is 9.16. The first-order valence-corrected chi connectivity index (χ1v) is 9.16. The lowest BCUT2D eigenvalue weighted by Gasteiger charge is -2.37. The summed E-state index contributed by atoms with van der Waals surface area (Å²) in [6.45, 7) is 8.72. The van der Waals surface area contributed by atoms with E-state index in [-0.39, 0.29) is 31.2 Å². The third-order valence-corrected chi connectivity index (χ3v) is 4.31. The Balaban J connectivity index is 1.80. The van der Waals surface area contributed by atoms with Gasteiger partial charge in [0.2, 0.25) is 0 Å². The van der Waals surface area contributed by atoms with E-state index < -0.39 is 11.7 Å². The van der Waals surface area contributed by atoms with E-state index in [2.05, 4.69) is 17.1 Å². The third kappa shape index (κ3) is 7.04. The van der Waals surface area contributed by atoms with E-state index in [0.29, 0.717) is 6.54 Å². The van der Waals surface area contributed by atoms with Crippen molar-refractivity contribution >= 4 is 12.1 Å². The Morgan fingerprint density at radius 3 is 2.54 bits per heavy atom. The highest BCUT2D eigenvalue weighted by Gasteiger charge is 2.29. The molecular weight excluding hydrogens is 332 g/mol. The number of carbonyl (C=O) groups excluding carboxylic acids is 2. The van der Waals surface area contributed by atoms with Gasteiger partial charge in [-0.2, -0.15) is 0 Å². The molecule has 26 heavy (non-hydrogen) atoms. The molecule has 1 aromatic carbocycles. The molecule has 0 bridgehead atoms. The molecule has 1 N–H and O–H groups in total. The van der Waals surface area contributed by atoms with Gasteiger partial charge in [-0.15, -0.1) is 0 Å². The molecule has 1 fully saturated rings. The monoisotopic (exact) mass is 362 g/mol. The smallest absolute Gasteiger partial charge is 0.407 e. The normalized spacial score (nSPS) is 21.1. The average molecular weight is 362 g/mol. The first kappa shape index (κ1) is 20.2. The Morgan fingerprint density at radius 2 is 1.88 bits per heavy atom. The highest BCUT2D eigenvalue weighted by Crippen LogP contribution is 2.18. The minimum atomic E-state index is -0.521. The zero-order valence-corrected chi connectivity index (χ0v) is 16.2. The van der Waals surface area contributed by atoms with Gasteiger partial charge < -0.3 is 14.8 Å². The molecule has 1 aliphatic heterocycles. The number of nitrogens with zero attached hydrogens (tertiary/aromatic N) is 1. The van der Waals surface area contributed by atoms with Crippen molar-refractivity contribution < 1.29 is 19.1 Å². The van der Waals surface area contributed by atoms with Crippen LogP contribution < -0.4 is 5.32 Å². The number of ether oxygens (including phenoxy) is 2. The van der Waals surface area contributed by atoms with Crippen molar-refractivity contribution in [2.45, 2.75) is 64.8 Å². The van der Waals surface area contributed by atoms with Crippen molar-refractivity contribution in [1.29, 1.82) is 0 Å².